The van der Waals surface area contributed by atoms with Gasteiger partial charge in [-0.05, 0) is 37.1 Å². The maximum Gasteiger partial charge on any atom is 0.253 e. The van der Waals surface area contributed by atoms with Crippen LogP contribution in [0.1, 0.15) is 60.7 Å². The van der Waals surface area contributed by atoms with Gasteiger partial charge in [-0.15, -0.1) is 10.2 Å². The summed E-state index contributed by atoms with van der Waals surface area (Å²) in [6, 6.07) is 5.70. The predicted molar refractivity (Wildman–Crippen MR) is 95.9 cm³/mol. The van der Waals surface area contributed by atoms with Gasteiger partial charge >= 0.3 is 0 Å². The van der Waals surface area contributed by atoms with E-state index in [1.165, 1.54) is 24.3 Å². The predicted octanol–water partition coefficient (Wildman–Crippen LogP) is 3.37. The van der Waals surface area contributed by atoms with Crippen molar-refractivity contribution in [2.75, 3.05) is 26.3 Å². The fraction of sp³-hybridized carbons (Fsp3) is 0.550. The average molecular weight is 373 g/mol. The van der Waals surface area contributed by atoms with E-state index in [9.17, 15) is 9.18 Å². The number of aromatic nitrogens is 2. The smallest absolute Gasteiger partial charge is 0.253 e. The highest BCUT2D eigenvalue weighted by molar-refractivity contribution is 5.94. The molecule has 0 bridgehead atoms. The van der Waals surface area contributed by atoms with E-state index in [-0.39, 0.29) is 29.0 Å². The average Bonchev–Trinajstić information content (AvgIpc) is 3.28. The number of carbonyl (C=O) groups is 1. The molecule has 2 aliphatic heterocycles. The van der Waals surface area contributed by atoms with Gasteiger partial charge in [0.1, 0.15) is 5.82 Å². The fourth-order valence-electron chi connectivity index (χ4n) is 4.14. The van der Waals surface area contributed by atoms with E-state index in [1.807, 2.05) is 18.7 Å². The molecule has 27 heavy (non-hydrogen) atoms. The zero-order valence-electron chi connectivity index (χ0n) is 15.7. The molecule has 1 atom stereocenters. The molecule has 2 saturated heterocycles. The topological polar surface area (TPSA) is 68.5 Å². The number of ether oxygens (including phenoxy) is 1. The van der Waals surface area contributed by atoms with E-state index >= 15 is 0 Å². The van der Waals surface area contributed by atoms with E-state index in [0.717, 1.165) is 12.8 Å². The van der Waals surface area contributed by atoms with Gasteiger partial charge in [0, 0.05) is 43.2 Å². The van der Waals surface area contributed by atoms with Crippen molar-refractivity contribution in [1.29, 1.82) is 0 Å². The molecule has 2 aliphatic rings. The Morgan fingerprint density at radius 3 is 2.56 bits per heavy atom. The third-order valence-corrected chi connectivity index (χ3v) is 5.76. The number of benzene rings is 1. The molecule has 1 unspecified atom stereocenters. The molecular formula is C20H24FN3O3. The van der Waals surface area contributed by atoms with Crippen LogP contribution in [0.2, 0.25) is 0 Å². The van der Waals surface area contributed by atoms with Crippen molar-refractivity contribution in [1.82, 2.24) is 15.1 Å². The molecule has 2 aromatic rings. The summed E-state index contributed by atoms with van der Waals surface area (Å²) in [6.45, 7) is 6.51. The van der Waals surface area contributed by atoms with Gasteiger partial charge in [-0.3, -0.25) is 4.79 Å². The molecular weight excluding hydrogens is 349 g/mol. The van der Waals surface area contributed by atoms with Crippen LogP contribution in [0, 0.1) is 11.2 Å². The Balaban J connectivity index is 1.62. The second-order valence-electron chi connectivity index (χ2n) is 7.85. The van der Waals surface area contributed by atoms with Crippen molar-refractivity contribution in [3.05, 3.63) is 47.4 Å². The molecule has 0 aliphatic carbocycles. The molecule has 144 valence electrons. The summed E-state index contributed by atoms with van der Waals surface area (Å²) < 4.78 is 24.7. The highest BCUT2D eigenvalue weighted by Gasteiger charge is 2.51. The van der Waals surface area contributed by atoms with Crippen molar-refractivity contribution in [2.24, 2.45) is 5.41 Å². The third kappa shape index (κ3) is 3.36. The first kappa shape index (κ1) is 18.1. The Morgan fingerprint density at radius 1 is 1.22 bits per heavy atom. The summed E-state index contributed by atoms with van der Waals surface area (Å²) in [5.74, 6) is 0.942. The minimum absolute atomic E-state index is 0.00852. The standard InChI is InChI=1S/C20H24FN3O3/c1-13(2)17-22-23-18(27-17)16-11-24(12-20(16)7-9-26-10-8-20)19(25)14-3-5-15(21)6-4-14/h3-6,13,16H,7-12H2,1-2H3. The van der Waals surface area contributed by atoms with Crippen LogP contribution in [-0.4, -0.2) is 47.3 Å². The summed E-state index contributed by atoms with van der Waals surface area (Å²) in [4.78, 5) is 14.8. The number of halogens is 1. The third-order valence-electron chi connectivity index (χ3n) is 5.76. The molecule has 1 aromatic carbocycles. The number of nitrogens with zero attached hydrogens (tertiary/aromatic N) is 3. The summed E-state index contributed by atoms with van der Waals surface area (Å²) in [5.41, 5.74) is 0.377. The maximum atomic E-state index is 13.2. The molecule has 0 saturated carbocycles. The van der Waals surface area contributed by atoms with Gasteiger partial charge in [0.05, 0.1) is 5.92 Å². The lowest BCUT2D eigenvalue weighted by atomic mass is 9.72. The molecule has 1 aromatic heterocycles. The first-order chi connectivity index (χ1) is 13.0. The van der Waals surface area contributed by atoms with Crippen LogP contribution < -0.4 is 0 Å². The van der Waals surface area contributed by atoms with E-state index < -0.39 is 0 Å². The quantitative estimate of drug-likeness (QED) is 0.825. The molecule has 4 rings (SSSR count). The number of likely N-dealkylation sites (tertiary alicyclic amines) is 1. The van der Waals surface area contributed by atoms with Crippen LogP contribution in [0.4, 0.5) is 4.39 Å². The lowest BCUT2D eigenvalue weighted by Gasteiger charge is -2.36. The highest BCUT2D eigenvalue weighted by Crippen LogP contribution is 2.49. The molecule has 7 heteroatoms. The molecule has 1 amide bonds. The number of carbonyl (C=O) groups excluding carboxylic acids is 1. The van der Waals surface area contributed by atoms with E-state index in [4.69, 9.17) is 9.15 Å². The Kier molecular flexibility index (Phi) is 4.72. The van der Waals surface area contributed by atoms with Gasteiger partial charge in [0.2, 0.25) is 11.8 Å². The second-order valence-corrected chi connectivity index (χ2v) is 7.85. The van der Waals surface area contributed by atoms with E-state index in [2.05, 4.69) is 10.2 Å². The number of hydrogen-bond donors (Lipinski definition) is 0. The van der Waals surface area contributed by atoms with Gasteiger partial charge in [-0.2, -0.15) is 0 Å². The van der Waals surface area contributed by atoms with Gasteiger partial charge in [0.15, 0.2) is 0 Å². The normalized spacial score (nSPS) is 21.9. The number of amides is 1. The monoisotopic (exact) mass is 373 g/mol. The van der Waals surface area contributed by atoms with Crippen molar-refractivity contribution >= 4 is 5.91 Å². The van der Waals surface area contributed by atoms with Crippen LogP contribution >= 0.6 is 0 Å². The SMILES string of the molecule is CC(C)c1nnc(C2CN(C(=O)c3ccc(F)cc3)CC23CCOCC3)o1. The van der Waals surface area contributed by atoms with Crippen LogP contribution in [0.3, 0.4) is 0 Å². The van der Waals surface area contributed by atoms with Crippen LogP contribution in [0.15, 0.2) is 28.7 Å². The van der Waals surface area contributed by atoms with Gasteiger partial charge in [-0.25, -0.2) is 4.39 Å². The largest absolute Gasteiger partial charge is 0.425 e. The van der Waals surface area contributed by atoms with Crippen LogP contribution in [-0.2, 0) is 4.74 Å². The first-order valence-electron chi connectivity index (χ1n) is 9.44. The molecule has 3 heterocycles. The summed E-state index contributed by atoms with van der Waals surface area (Å²) in [6.07, 6.45) is 1.70. The minimum Gasteiger partial charge on any atom is -0.425 e. The van der Waals surface area contributed by atoms with Crippen molar-refractivity contribution in [2.45, 2.75) is 38.5 Å². The van der Waals surface area contributed by atoms with Crippen molar-refractivity contribution in [3.8, 4) is 0 Å². The minimum atomic E-state index is -0.348. The molecule has 0 N–H and O–H groups in total. The molecule has 0 radical (unpaired) electrons. The fourth-order valence-corrected chi connectivity index (χ4v) is 4.14. The molecule has 2 fully saturated rings. The molecule has 6 nitrogen and oxygen atoms in total. The van der Waals surface area contributed by atoms with Crippen LogP contribution in [0.25, 0.3) is 0 Å². The Hall–Kier alpha value is -2.28. The summed E-state index contributed by atoms with van der Waals surface area (Å²) >= 11 is 0. The Morgan fingerprint density at radius 2 is 1.93 bits per heavy atom. The van der Waals surface area contributed by atoms with Crippen molar-refractivity contribution < 1.29 is 18.3 Å². The number of rotatable bonds is 3. The Bertz CT molecular complexity index is 812. The van der Waals surface area contributed by atoms with Crippen molar-refractivity contribution in [3.63, 3.8) is 0 Å². The Labute approximate surface area is 157 Å². The first-order valence-corrected chi connectivity index (χ1v) is 9.44. The lowest BCUT2D eigenvalue weighted by molar-refractivity contribution is 0.00888. The maximum absolute atomic E-state index is 13.2. The molecule has 1 spiro atoms. The lowest BCUT2D eigenvalue weighted by Crippen LogP contribution is -2.37. The summed E-state index contributed by atoms with van der Waals surface area (Å²) in [7, 11) is 0. The zero-order chi connectivity index (χ0) is 19.0. The van der Waals surface area contributed by atoms with Gasteiger partial charge in [-0.1, -0.05) is 13.8 Å². The van der Waals surface area contributed by atoms with Crippen LogP contribution in [0.5, 0.6) is 0 Å². The second kappa shape index (κ2) is 7.03. The number of hydrogen-bond acceptors (Lipinski definition) is 5. The zero-order valence-corrected chi connectivity index (χ0v) is 15.7. The van der Waals surface area contributed by atoms with Gasteiger partial charge < -0.3 is 14.1 Å². The van der Waals surface area contributed by atoms with Gasteiger partial charge in [0.25, 0.3) is 5.91 Å². The van der Waals surface area contributed by atoms with E-state index in [0.29, 0.717) is 43.6 Å². The van der Waals surface area contributed by atoms with E-state index in [1.54, 1.807) is 0 Å². The summed E-state index contributed by atoms with van der Waals surface area (Å²) in [5, 5.41) is 8.49. The highest BCUT2D eigenvalue weighted by atomic mass is 19.1.